The number of hydrogen-bond donors (Lipinski definition) is 2. The normalized spacial score (nSPS) is 19.7. The molecule has 55 heavy (non-hydrogen) atoms. The van der Waals surface area contributed by atoms with Crippen LogP contribution in [0.25, 0.3) is 10.2 Å². The average Bonchev–Trinajstić information content (AvgIpc) is 3.73. The highest BCUT2D eigenvalue weighted by molar-refractivity contribution is 7.22. The van der Waals surface area contributed by atoms with E-state index in [4.69, 9.17) is 9.72 Å². The SMILES string of the molecule is CC(C)Oc1cc2nc(N3CCN(CC4CCN(c5ccc6c(c5)CN(C5CCC(=O)NC5=O)C6=O)CC4)CC3)sc2cc1C(=O)Nc1cccn(C)c1=O. The molecule has 2 aromatic carbocycles. The topological polar surface area (TPSA) is 149 Å². The van der Waals surface area contributed by atoms with Crippen molar-refractivity contribution in [2.45, 2.75) is 58.2 Å². The third-order valence-corrected chi connectivity index (χ3v) is 12.2. The van der Waals surface area contributed by atoms with E-state index in [2.05, 4.69) is 31.4 Å². The Balaban J connectivity index is 0.852. The van der Waals surface area contributed by atoms with Crippen LogP contribution < -0.4 is 30.7 Å². The lowest BCUT2D eigenvalue weighted by Gasteiger charge is -2.39. The number of anilines is 3. The maximum Gasteiger partial charge on any atom is 0.274 e. The summed E-state index contributed by atoms with van der Waals surface area (Å²) in [5, 5.41) is 6.06. The van der Waals surface area contributed by atoms with Gasteiger partial charge in [0.05, 0.1) is 21.9 Å². The summed E-state index contributed by atoms with van der Waals surface area (Å²) in [5.74, 6) is -0.183. The molecule has 4 amide bonds. The number of imide groups is 1. The van der Waals surface area contributed by atoms with E-state index < -0.39 is 11.9 Å². The van der Waals surface area contributed by atoms with E-state index in [-0.39, 0.29) is 41.5 Å². The van der Waals surface area contributed by atoms with Crippen LogP contribution in [-0.4, -0.2) is 101 Å². The van der Waals surface area contributed by atoms with Crippen molar-refractivity contribution in [1.29, 1.82) is 0 Å². The second kappa shape index (κ2) is 15.1. The molecule has 2 aromatic heterocycles. The van der Waals surface area contributed by atoms with Gasteiger partial charge in [-0.1, -0.05) is 11.3 Å². The maximum atomic E-state index is 13.4. The van der Waals surface area contributed by atoms with Crippen molar-refractivity contribution in [3.05, 3.63) is 75.7 Å². The zero-order valence-electron chi connectivity index (χ0n) is 31.4. The van der Waals surface area contributed by atoms with Crippen molar-refractivity contribution >= 4 is 61.7 Å². The van der Waals surface area contributed by atoms with Gasteiger partial charge in [-0.25, -0.2) is 4.98 Å². The number of benzene rings is 2. The van der Waals surface area contributed by atoms with E-state index in [0.717, 1.165) is 85.3 Å². The number of pyridine rings is 1. The van der Waals surface area contributed by atoms with E-state index in [1.807, 2.05) is 38.1 Å². The lowest BCUT2D eigenvalue weighted by Crippen LogP contribution is -2.52. The first-order valence-corrected chi connectivity index (χ1v) is 19.9. The number of hydrogen-bond acceptors (Lipinski definition) is 11. The highest BCUT2D eigenvalue weighted by Crippen LogP contribution is 2.36. The predicted molar refractivity (Wildman–Crippen MR) is 211 cm³/mol. The summed E-state index contributed by atoms with van der Waals surface area (Å²) in [7, 11) is 1.64. The van der Waals surface area contributed by atoms with Crippen molar-refractivity contribution in [3.63, 3.8) is 0 Å². The van der Waals surface area contributed by atoms with Gasteiger partial charge < -0.3 is 29.3 Å². The molecule has 0 spiro atoms. The van der Waals surface area contributed by atoms with E-state index in [1.165, 1.54) is 4.57 Å². The monoisotopic (exact) mass is 766 g/mol. The Labute approximate surface area is 323 Å². The maximum absolute atomic E-state index is 13.4. The molecule has 4 aromatic rings. The van der Waals surface area contributed by atoms with Crippen LogP contribution in [0, 0.1) is 5.92 Å². The molecule has 14 nitrogen and oxygen atoms in total. The van der Waals surface area contributed by atoms with Crippen LogP contribution in [0.1, 0.15) is 65.8 Å². The summed E-state index contributed by atoms with van der Waals surface area (Å²) in [6, 6.07) is 12.4. The molecular weight excluding hydrogens is 721 g/mol. The number of nitrogens with zero attached hydrogens (tertiary/aromatic N) is 6. The molecule has 4 aliphatic heterocycles. The number of fused-ring (bicyclic) bond motifs is 2. The Hall–Kier alpha value is -5.28. The first kappa shape index (κ1) is 36.7. The molecule has 3 saturated heterocycles. The number of piperidine rings is 2. The minimum Gasteiger partial charge on any atom is -0.490 e. The largest absolute Gasteiger partial charge is 0.490 e. The molecule has 2 N–H and O–H groups in total. The molecular formula is C40H46N8O6S. The molecule has 0 saturated carbocycles. The van der Waals surface area contributed by atoms with Gasteiger partial charge in [-0.3, -0.25) is 34.2 Å². The van der Waals surface area contributed by atoms with E-state index in [0.29, 0.717) is 35.8 Å². The molecule has 1 atom stereocenters. The van der Waals surface area contributed by atoms with Crippen LogP contribution in [0.4, 0.5) is 16.5 Å². The average molecular weight is 767 g/mol. The van der Waals surface area contributed by atoms with Gasteiger partial charge in [0, 0.05) is 89.3 Å². The first-order chi connectivity index (χ1) is 26.5. The Bertz CT molecular complexity index is 2220. The number of piperazine rings is 1. The zero-order chi connectivity index (χ0) is 38.4. The standard InChI is InChI=1S/C40H46N8O6S/c1-24(2)54-33-21-31-34(20-29(33)36(50)41-30-5-4-12-44(3)39(30)53)55-40(42-31)47-17-15-45(16-18-47)22-25-10-13-46(14-11-25)27-6-7-28-26(19-27)23-48(38(28)52)32-8-9-35(49)43-37(32)51/h4-7,12,19-21,24-25,32H,8-11,13-18,22-23H2,1-3H3,(H,41,50)(H,43,49,51). The number of carbonyl (C=O) groups is 4. The van der Waals surface area contributed by atoms with Crippen LogP contribution in [0.3, 0.4) is 0 Å². The van der Waals surface area contributed by atoms with Crippen LogP contribution in [0.2, 0.25) is 0 Å². The molecule has 15 heteroatoms. The zero-order valence-corrected chi connectivity index (χ0v) is 32.2. The first-order valence-electron chi connectivity index (χ1n) is 19.1. The van der Waals surface area contributed by atoms with Gasteiger partial charge in [0.1, 0.15) is 17.5 Å². The summed E-state index contributed by atoms with van der Waals surface area (Å²) in [6.45, 7) is 10.8. The molecule has 6 heterocycles. The minimum atomic E-state index is -0.606. The van der Waals surface area contributed by atoms with Gasteiger partial charge in [-0.05, 0) is 81.0 Å². The summed E-state index contributed by atoms with van der Waals surface area (Å²) < 4.78 is 8.36. The Morgan fingerprint density at radius 1 is 0.982 bits per heavy atom. The van der Waals surface area contributed by atoms with Gasteiger partial charge in [-0.15, -0.1) is 0 Å². The third kappa shape index (κ3) is 7.55. The van der Waals surface area contributed by atoms with Crippen LogP contribution in [0.15, 0.2) is 53.5 Å². The number of thiazole rings is 1. The molecule has 0 aliphatic carbocycles. The van der Waals surface area contributed by atoms with Gasteiger partial charge in [0.15, 0.2) is 5.13 Å². The van der Waals surface area contributed by atoms with Crippen LogP contribution in [-0.2, 0) is 23.2 Å². The summed E-state index contributed by atoms with van der Waals surface area (Å²) >= 11 is 1.56. The highest BCUT2D eigenvalue weighted by Gasteiger charge is 2.39. The number of ether oxygens (including phenoxy) is 1. The van der Waals surface area contributed by atoms with E-state index >= 15 is 0 Å². The highest BCUT2D eigenvalue weighted by atomic mass is 32.1. The number of carbonyl (C=O) groups excluding carboxylic acids is 4. The Kier molecular flexibility index (Phi) is 10.1. The fourth-order valence-corrected chi connectivity index (χ4v) is 9.15. The lowest BCUT2D eigenvalue weighted by atomic mass is 9.95. The second-order valence-electron chi connectivity index (χ2n) is 15.2. The van der Waals surface area contributed by atoms with Crippen LogP contribution in [0.5, 0.6) is 5.75 Å². The quantitative estimate of drug-likeness (QED) is 0.241. The summed E-state index contributed by atoms with van der Waals surface area (Å²) in [4.78, 5) is 77.1. The Morgan fingerprint density at radius 2 is 1.76 bits per heavy atom. The van der Waals surface area contributed by atoms with Crippen LogP contribution >= 0.6 is 11.3 Å². The van der Waals surface area contributed by atoms with Crippen molar-refractivity contribution in [3.8, 4) is 5.75 Å². The van der Waals surface area contributed by atoms with Gasteiger partial charge in [0.25, 0.3) is 17.4 Å². The van der Waals surface area contributed by atoms with Gasteiger partial charge in [-0.2, -0.15) is 0 Å². The molecule has 0 bridgehead atoms. The molecule has 288 valence electrons. The summed E-state index contributed by atoms with van der Waals surface area (Å²) in [6.07, 6.45) is 4.28. The molecule has 4 aliphatic rings. The van der Waals surface area contributed by atoms with E-state index in [1.54, 1.807) is 41.6 Å². The van der Waals surface area contributed by atoms with Gasteiger partial charge >= 0.3 is 0 Å². The number of aromatic nitrogens is 2. The fraction of sp³-hybridized carbons (Fsp3) is 0.450. The predicted octanol–water partition coefficient (Wildman–Crippen LogP) is 3.83. The third-order valence-electron chi connectivity index (χ3n) is 11.1. The van der Waals surface area contributed by atoms with Crippen molar-refractivity contribution in [1.82, 2.24) is 24.7 Å². The summed E-state index contributed by atoms with van der Waals surface area (Å²) in [5.41, 5.74) is 3.75. The molecule has 8 rings (SSSR count). The number of rotatable bonds is 9. The van der Waals surface area contributed by atoms with Crippen molar-refractivity contribution in [2.75, 3.05) is 60.9 Å². The molecule has 1 unspecified atom stereocenters. The van der Waals surface area contributed by atoms with E-state index in [9.17, 15) is 24.0 Å². The second-order valence-corrected chi connectivity index (χ2v) is 16.2. The van der Waals surface area contributed by atoms with Crippen molar-refractivity contribution < 1.29 is 23.9 Å². The number of amides is 4. The Morgan fingerprint density at radius 3 is 2.51 bits per heavy atom. The number of nitrogens with one attached hydrogen (secondary N) is 2. The minimum absolute atomic E-state index is 0.142. The smallest absolute Gasteiger partial charge is 0.274 e. The van der Waals surface area contributed by atoms with Crippen molar-refractivity contribution in [2.24, 2.45) is 13.0 Å². The number of aryl methyl sites for hydroxylation is 1. The molecule has 0 radical (unpaired) electrons. The lowest BCUT2D eigenvalue weighted by molar-refractivity contribution is -0.136. The van der Waals surface area contributed by atoms with Gasteiger partial charge in [0.2, 0.25) is 11.8 Å². The fourth-order valence-electron chi connectivity index (χ4n) is 8.11. The molecule has 3 fully saturated rings.